The highest BCUT2D eigenvalue weighted by Crippen LogP contribution is 2.16. The molecule has 3 rings (SSSR count). The lowest BCUT2D eigenvalue weighted by molar-refractivity contribution is -0.120. The van der Waals surface area contributed by atoms with Crippen molar-refractivity contribution < 1.29 is 13.2 Å². The molecule has 2 aromatic rings. The molecule has 0 spiro atoms. The van der Waals surface area contributed by atoms with E-state index in [2.05, 4.69) is 44.1 Å². The quantitative estimate of drug-likeness (QED) is 0.636. The van der Waals surface area contributed by atoms with E-state index in [1.807, 2.05) is 13.0 Å². The van der Waals surface area contributed by atoms with Crippen molar-refractivity contribution in [3.63, 3.8) is 0 Å². The van der Waals surface area contributed by atoms with E-state index in [-0.39, 0.29) is 22.9 Å². The Morgan fingerprint density at radius 1 is 0.938 bits per heavy atom. The van der Waals surface area contributed by atoms with Crippen LogP contribution in [0.15, 0.2) is 59.5 Å². The summed E-state index contributed by atoms with van der Waals surface area (Å²) in [6, 6.07) is 16.3. The molecule has 1 fully saturated rings. The molecule has 1 heterocycles. The maximum Gasteiger partial charge on any atom is 0.241 e. The summed E-state index contributed by atoms with van der Waals surface area (Å²) in [6.45, 7) is 10.0. The minimum Gasteiger partial charge on any atom is -0.325 e. The minimum atomic E-state index is -3.55. The number of nitrogens with zero attached hydrogens (tertiary/aromatic N) is 2. The van der Waals surface area contributed by atoms with Gasteiger partial charge in [-0.3, -0.25) is 14.6 Å². The smallest absolute Gasteiger partial charge is 0.241 e. The molecule has 0 aliphatic carbocycles. The lowest BCUT2D eigenvalue weighted by Gasteiger charge is -2.27. The van der Waals surface area contributed by atoms with Gasteiger partial charge in [-0.1, -0.05) is 30.3 Å². The van der Waals surface area contributed by atoms with E-state index in [1.54, 1.807) is 26.0 Å². The molecule has 0 radical (unpaired) electrons. The van der Waals surface area contributed by atoms with Gasteiger partial charge in [-0.2, -0.15) is 0 Å². The maximum absolute atomic E-state index is 12.8. The summed E-state index contributed by atoms with van der Waals surface area (Å²) < 4.78 is 27.1. The van der Waals surface area contributed by atoms with Gasteiger partial charge in [0.1, 0.15) is 0 Å². The minimum absolute atomic E-state index is 0.0857. The lowest BCUT2D eigenvalue weighted by atomic mass is 10.2. The SMILES string of the molecule is CC(C)NS(=O)(=O)c1ccc(NC(=O)C(C)N2CCCN(Cc3ccccc3)CC2)cc1. The Labute approximate surface area is 191 Å². The zero-order chi connectivity index (χ0) is 23.1. The van der Waals surface area contributed by atoms with Gasteiger partial charge in [0.25, 0.3) is 0 Å². The molecule has 8 heteroatoms. The first-order chi connectivity index (χ1) is 15.2. The molecule has 1 saturated heterocycles. The summed E-state index contributed by atoms with van der Waals surface area (Å²) in [4.78, 5) is 17.7. The van der Waals surface area contributed by atoms with Crippen molar-refractivity contribution in [1.82, 2.24) is 14.5 Å². The Bertz CT molecular complexity index is 978. The second-order valence-corrected chi connectivity index (χ2v) is 10.3. The van der Waals surface area contributed by atoms with Crippen molar-refractivity contribution in [2.75, 3.05) is 31.5 Å². The fourth-order valence-electron chi connectivity index (χ4n) is 3.89. The first-order valence-corrected chi connectivity index (χ1v) is 12.7. The van der Waals surface area contributed by atoms with Gasteiger partial charge < -0.3 is 5.32 Å². The van der Waals surface area contributed by atoms with Crippen LogP contribution in [0.2, 0.25) is 0 Å². The second-order valence-electron chi connectivity index (χ2n) is 8.62. The van der Waals surface area contributed by atoms with Crippen LogP contribution in [0.25, 0.3) is 0 Å². The summed E-state index contributed by atoms with van der Waals surface area (Å²) in [5.41, 5.74) is 1.90. The van der Waals surface area contributed by atoms with Crippen LogP contribution in [0.1, 0.15) is 32.8 Å². The Morgan fingerprint density at radius 2 is 1.62 bits per heavy atom. The van der Waals surface area contributed by atoms with Gasteiger partial charge in [0.05, 0.1) is 10.9 Å². The third-order valence-electron chi connectivity index (χ3n) is 5.62. The Morgan fingerprint density at radius 3 is 2.28 bits per heavy atom. The largest absolute Gasteiger partial charge is 0.325 e. The topological polar surface area (TPSA) is 81.8 Å². The standard InChI is InChI=1S/C24H34N4O3S/c1-19(2)26-32(30,31)23-12-10-22(11-13-23)25-24(29)20(3)28-15-7-14-27(16-17-28)18-21-8-5-4-6-9-21/h4-6,8-13,19-20,26H,7,14-18H2,1-3H3,(H,25,29). The molecule has 2 aromatic carbocycles. The number of hydrogen-bond acceptors (Lipinski definition) is 5. The van der Waals surface area contributed by atoms with Crippen LogP contribution in [0.3, 0.4) is 0 Å². The maximum atomic E-state index is 12.8. The number of benzene rings is 2. The molecule has 0 aromatic heterocycles. The number of amides is 1. The molecule has 1 atom stereocenters. The van der Waals surface area contributed by atoms with Crippen molar-refractivity contribution in [3.8, 4) is 0 Å². The molecular weight excluding hydrogens is 424 g/mol. The summed E-state index contributed by atoms with van der Waals surface area (Å²) in [5, 5.41) is 2.92. The van der Waals surface area contributed by atoms with E-state index in [4.69, 9.17) is 0 Å². The molecule has 1 aliphatic rings. The van der Waals surface area contributed by atoms with Gasteiger partial charge in [0, 0.05) is 37.9 Å². The number of rotatable bonds is 8. The average Bonchev–Trinajstić information content (AvgIpc) is 2.99. The average molecular weight is 459 g/mol. The van der Waals surface area contributed by atoms with Crippen LogP contribution in [0, 0.1) is 0 Å². The van der Waals surface area contributed by atoms with Crippen LogP contribution in [0.5, 0.6) is 0 Å². The number of nitrogens with one attached hydrogen (secondary N) is 2. The van der Waals surface area contributed by atoms with Gasteiger partial charge in [-0.05, 0) is 63.6 Å². The molecule has 7 nitrogen and oxygen atoms in total. The van der Waals surface area contributed by atoms with Gasteiger partial charge in [-0.15, -0.1) is 0 Å². The zero-order valence-corrected chi connectivity index (χ0v) is 19.9. The second kappa shape index (κ2) is 11.0. The van der Waals surface area contributed by atoms with Crippen molar-refractivity contribution in [2.24, 2.45) is 0 Å². The van der Waals surface area contributed by atoms with Crippen LogP contribution in [0.4, 0.5) is 5.69 Å². The van der Waals surface area contributed by atoms with Crippen LogP contribution >= 0.6 is 0 Å². The highest BCUT2D eigenvalue weighted by molar-refractivity contribution is 7.89. The summed E-state index contributed by atoms with van der Waals surface area (Å²) in [7, 11) is -3.55. The van der Waals surface area contributed by atoms with Gasteiger partial charge in [0.2, 0.25) is 15.9 Å². The predicted octanol–water partition coefficient (Wildman–Crippen LogP) is 2.91. The van der Waals surface area contributed by atoms with Crippen molar-refractivity contribution >= 4 is 21.6 Å². The Balaban J connectivity index is 1.54. The summed E-state index contributed by atoms with van der Waals surface area (Å²) in [6.07, 6.45) is 1.01. The summed E-state index contributed by atoms with van der Waals surface area (Å²) in [5.74, 6) is -0.0857. The first kappa shape index (κ1) is 24.4. The van der Waals surface area contributed by atoms with Crippen LogP contribution in [-0.2, 0) is 21.4 Å². The van der Waals surface area contributed by atoms with Crippen molar-refractivity contribution in [2.45, 2.75) is 50.7 Å². The van der Waals surface area contributed by atoms with Crippen molar-refractivity contribution in [3.05, 3.63) is 60.2 Å². The van der Waals surface area contributed by atoms with Gasteiger partial charge >= 0.3 is 0 Å². The fourth-order valence-corrected chi connectivity index (χ4v) is 5.14. The third-order valence-corrected chi connectivity index (χ3v) is 7.30. The van der Waals surface area contributed by atoms with E-state index >= 15 is 0 Å². The summed E-state index contributed by atoms with van der Waals surface area (Å²) >= 11 is 0. The third kappa shape index (κ3) is 6.87. The van der Waals surface area contributed by atoms with Crippen molar-refractivity contribution in [1.29, 1.82) is 0 Å². The zero-order valence-electron chi connectivity index (χ0n) is 19.1. The van der Waals surface area contributed by atoms with E-state index in [0.717, 1.165) is 39.1 Å². The Hall–Kier alpha value is -2.26. The number of anilines is 1. The molecule has 1 aliphatic heterocycles. The normalized spacial score (nSPS) is 17.1. The monoisotopic (exact) mass is 458 g/mol. The van der Waals surface area contributed by atoms with E-state index in [9.17, 15) is 13.2 Å². The molecule has 174 valence electrons. The predicted molar refractivity (Wildman–Crippen MR) is 128 cm³/mol. The Kier molecular flexibility index (Phi) is 8.42. The van der Waals surface area contributed by atoms with Gasteiger partial charge in [0.15, 0.2) is 0 Å². The molecule has 0 bridgehead atoms. The van der Waals surface area contributed by atoms with E-state index in [0.29, 0.717) is 5.69 Å². The fraction of sp³-hybridized carbons (Fsp3) is 0.458. The first-order valence-electron chi connectivity index (χ1n) is 11.2. The molecule has 0 saturated carbocycles. The number of sulfonamides is 1. The van der Waals surface area contributed by atoms with E-state index < -0.39 is 10.0 Å². The van der Waals surface area contributed by atoms with Crippen LogP contribution < -0.4 is 10.0 Å². The lowest BCUT2D eigenvalue weighted by Crippen LogP contribution is -2.43. The molecule has 1 unspecified atom stereocenters. The highest BCUT2D eigenvalue weighted by Gasteiger charge is 2.24. The number of carbonyl (C=O) groups excluding carboxylic acids is 1. The highest BCUT2D eigenvalue weighted by atomic mass is 32.2. The number of hydrogen-bond donors (Lipinski definition) is 2. The van der Waals surface area contributed by atoms with Gasteiger partial charge in [-0.25, -0.2) is 13.1 Å². The molecular formula is C24H34N4O3S. The molecule has 32 heavy (non-hydrogen) atoms. The van der Waals surface area contributed by atoms with Crippen LogP contribution in [-0.4, -0.2) is 62.4 Å². The molecule has 1 amide bonds. The molecule has 2 N–H and O–H groups in total. The number of carbonyl (C=O) groups is 1. The van der Waals surface area contributed by atoms with E-state index in [1.165, 1.54) is 17.7 Å².